The first kappa shape index (κ1) is 27.9. The summed E-state index contributed by atoms with van der Waals surface area (Å²) in [4.78, 5) is 44.0. The quantitative estimate of drug-likeness (QED) is 0.205. The molecule has 0 aromatic rings. The summed E-state index contributed by atoms with van der Waals surface area (Å²) in [6.07, 6.45) is 3.36. The molecule has 2 unspecified atom stereocenters. The molecule has 2 amide bonds. The minimum Gasteiger partial charge on any atom is -0.383 e. The van der Waals surface area contributed by atoms with Crippen LogP contribution >= 0.6 is 20.0 Å². The van der Waals surface area contributed by atoms with Gasteiger partial charge < -0.3 is 15.7 Å². The van der Waals surface area contributed by atoms with Crippen LogP contribution in [0.15, 0.2) is 0 Å². The van der Waals surface area contributed by atoms with E-state index in [9.17, 15) is 24.1 Å². The van der Waals surface area contributed by atoms with Crippen molar-refractivity contribution in [2.45, 2.75) is 65.4 Å². The number of carbonyl (C=O) groups excluding carboxylic acids is 3. The molecule has 0 radical (unpaired) electrons. The lowest BCUT2D eigenvalue weighted by atomic mass is 9.87. The van der Waals surface area contributed by atoms with Crippen LogP contribution in [0.3, 0.4) is 0 Å². The van der Waals surface area contributed by atoms with Gasteiger partial charge in [0.25, 0.3) is 0 Å². The molecule has 0 aromatic heterocycles. The van der Waals surface area contributed by atoms with E-state index in [2.05, 4.69) is 22.1 Å². The van der Waals surface area contributed by atoms with Crippen LogP contribution in [-0.2, 0) is 23.5 Å². The minimum atomic E-state index is -2.81. The molecular formula is C18H34N2O7PS+. The summed E-state index contributed by atoms with van der Waals surface area (Å²) >= 11 is 1.21. The molecule has 0 spiro atoms. The van der Waals surface area contributed by atoms with Crippen LogP contribution in [-0.4, -0.2) is 58.5 Å². The van der Waals surface area contributed by atoms with Crippen LogP contribution in [0.5, 0.6) is 0 Å². The zero-order valence-corrected chi connectivity index (χ0v) is 19.2. The third-order valence-corrected chi connectivity index (χ3v) is 5.39. The van der Waals surface area contributed by atoms with E-state index in [0.717, 1.165) is 25.7 Å². The number of thioether (sulfide) groups is 1. The van der Waals surface area contributed by atoms with Gasteiger partial charge in [0.1, 0.15) is 12.7 Å². The van der Waals surface area contributed by atoms with Crippen molar-refractivity contribution in [2.24, 2.45) is 5.41 Å². The van der Waals surface area contributed by atoms with Crippen LogP contribution in [0.1, 0.15) is 59.3 Å². The number of rotatable bonds is 16. The molecule has 168 valence electrons. The average molecular weight is 454 g/mol. The number of nitrogens with one attached hydrogen (secondary N) is 2. The fourth-order valence-electron chi connectivity index (χ4n) is 2.26. The fraction of sp³-hybridized carbons (Fsp3) is 0.833. The Kier molecular flexibility index (Phi) is 15.2. The minimum absolute atomic E-state index is 0.0352. The molecule has 0 saturated carbocycles. The van der Waals surface area contributed by atoms with E-state index in [1.165, 1.54) is 25.6 Å². The van der Waals surface area contributed by atoms with Crippen LogP contribution in [0.25, 0.3) is 0 Å². The molecule has 0 saturated heterocycles. The van der Waals surface area contributed by atoms with Crippen molar-refractivity contribution in [1.29, 1.82) is 0 Å². The molecule has 0 fully saturated rings. The number of hydrogen-bond donors (Lipinski definition) is 4. The van der Waals surface area contributed by atoms with Gasteiger partial charge in [-0.1, -0.05) is 51.8 Å². The molecule has 0 aliphatic carbocycles. The average Bonchev–Trinajstić information content (AvgIpc) is 2.66. The highest BCUT2D eigenvalue weighted by atomic mass is 32.2. The van der Waals surface area contributed by atoms with Crippen molar-refractivity contribution >= 4 is 36.9 Å². The van der Waals surface area contributed by atoms with Crippen molar-refractivity contribution in [1.82, 2.24) is 10.6 Å². The number of unbranched alkanes of at least 4 members (excludes halogenated alkanes) is 3. The summed E-state index contributed by atoms with van der Waals surface area (Å²) in [5, 5.41) is 15.3. The summed E-state index contributed by atoms with van der Waals surface area (Å²) in [6, 6.07) is 0. The van der Waals surface area contributed by atoms with Gasteiger partial charge in [0.05, 0.1) is 0 Å². The summed E-state index contributed by atoms with van der Waals surface area (Å²) < 4.78 is 15.1. The number of hydrogen-bond acceptors (Lipinski definition) is 7. The van der Waals surface area contributed by atoms with Gasteiger partial charge in [-0.15, -0.1) is 9.42 Å². The molecule has 0 aromatic carbocycles. The van der Waals surface area contributed by atoms with E-state index < -0.39 is 25.7 Å². The summed E-state index contributed by atoms with van der Waals surface area (Å²) in [5.74, 6) is -0.454. The van der Waals surface area contributed by atoms with Crippen LogP contribution in [0.2, 0.25) is 0 Å². The van der Waals surface area contributed by atoms with Crippen LogP contribution in [0.4, 0.5) is 0 Å². The Bertz CT molecular complexity index is 546. The molecular weight excluding hydrogens is 419 g/mol. The Labute approximate surface area is 177 Å². The first-order valence-electron chi connectivity index (χ1n) is 9.77. The van der Waals surface area contributed by atoms with E-state index in [4.69, 9.17) is 4.89 Å². The van der Waals surface area contributed by atoms with Crippen molar-refractivity contribution in [2.75, 3.05) is 25.4 Å². The second kappa shape index (κ2) is 15.7. The molecule has 29 heavy (non-hydrogen) atoms. The van der Waals surface area contributed by atoms with Gasteiger partial charge in [-0.25, -0.2) is 0 Å². The number of carbonyl (C=O) groups is 3. The van der Waals surface area contributed by atoms with Crippen molar-refractivity contribution in [3.05, 3.63) is 0 Å². The second-order valence-corrected chi connectivity index (χ2v) is 9.21. The maximum absolute atomic E-state index is 12.0. The molecule has 0 bridgehead atoms. The number of amides is 2. The maximum Gasteiger partial charge on any atom is 0.694 e. The molecule has 0 aliphatic heterocycles. The second-order valence-electron chi connectivity index (χ2n) is 7.32. The zero-order valence-electron chi connectivity index (χ0n) is 17.4. The first-order valence-corrected chi connectivity index (χ1v) is 11.9. The Balaban J connectivity index is 3.91. The SMILES string of the molecule is CCCCCCC(=O)SCCNC(=O)CCNC(=O)C(O)C(C)(C)CO[P+](=O)O. The summed E-state index contributed by atoms with van der Waals surface area (Å²) in [6.45, 7) is 5.28. The van der Waals surface area contributed by atoms with Gasteiger partial charge in [-0.3, -0.25) is 14.4 Å². The Morgan fingerprint density at radius 2 is 1.79 bits per heavy atom. The first-order chi connectivity index (χ1) is 13.6. The predicted octanol–water partition coefficient (Wildman–Crippen LogP) is 1.89. The Morgan fingerprint density at radius 3 is 2.41 bits per heavy atom. The number of aliphatic hydroxyl groups excluding tert-OH is 1. The smallest absolute Gasteiger partial charge is 0.383 e. The van der Waals surface area contributed by atoms with Crippen molar-refractivity contribution < 1.29 is 33.5 Å². The third kappa shape index (κ3) is 14.5. The monoisotopic (exact) mass is 453 g/mol. The lowest BCUT2D eigenvalue weighted by Gasteiger charge is -2.26. The summed E-state index contributed by atoms with van der Waals surface area (Å²) in [7, 11) is -2.81. The molecule has 0 heterocycles. The van der Waals surface area contributed by atoms with Gasteiger partial charge in [0.2, 0.25) is 11.8 Å². The zero-order chi connectivity index (χ0) is 22.3. The standard InChI is InChI=1S/C18H33N2O7PS/c1-4-5-6-7-8-15(22)29-12-11-19-14(21)9-10-20-17(24)16(23)18(2,3)13-27-28(25)26/h16,23H,4-13H2,1-3H3,(H2-,19,20,21,24,25,26)/p+1. The molecule has 9 nitrogen and oxygen atoms in total. The third-order valence-electron chi connectivity index (χ3n) is 4.11. The van der Waals surface area contributed by atoms with Gasteiger partial charge in [-0.2, -0.15) is 0 Å². The Hall–Kier alpha value is -1.06. The van der Waals surface area contributed by atoms with Gasteiger partial charge in [-0.05, 0) is 6.42 Å². The van der Waals surface area contributed by atoms with E-state index in [1.807, 2.05) is 0 Å². The largest absolute Gasteiger partial charge is 0.694 e. The molecule has 4 N–H and O–H groups in total. The highest BCUT2D eigenvalue weighted by Gasteiger charge is 2.36. The van der Waals surface area contributed by atoms with E-state index in [-0.39, 0.29) is 30.6 Å². The Morgan fingerprint density at radius 1 is 1.10 bits per heavy atom. The van der Waals surface area contributed by atoms with E-state index >= 15 is 0 Å². The van der Waals surface area contributed by atoms with Gasteiger partial charge in [0, 0.05) is 41.7 Å². The lowest BCUT2D eigenvalue weighted by Crippen LogP contribution is -2.46. The highest BCUT2D eigenvalue weighted by molar-refractivity contribution is 8.13. The van der Waals surface area contributed by atoms with Crippen LogP contribution < -0.4 is 10.6 Å². The molecule has 0 rings (SSSR count). The fourth-order valence-corrected chi connectivity index (χ4v) is 3.43. The van der Waals surface area contributed by atoms with Crippen molar-refractivity contribution in [3.63, 3.8) is 0 Å². The summed E-state index contributed by atoms with van der Waals surface area (Å²) in [5.41, 5.74) is -1.07. The predicted molar refractivity (Wildman–Crippen MR) is 112 cm³/mol. The molecule has 11 heteroatoms. The van der Waals surface area contributed by atoms with Crippen LogP contribution in [0, 0.1) is 5.41 Å². The van der Waals surface area contributed by atoms with Gasteiger partial charge >= 0.3 is 8.25 Å². The topological polar surface area (TPSA) is 142 Å². The number of aliphatic hydroxyl groups is 1. The normalized spacial score (nSPS) is 12.9. The lowest BCUT2D eigenvalue weighted by molar-refractivity contribution is -0.136. The van der Waals surface area contributed by atoms with Crippen molar-refractivity contribution in [3.8, 4) is 0 Å². The van der Waals surface area contributed by atoms with E-state index in [0.29, 0.717) is 18.7 Å². The van der Waals surface area contributed by atoms with E-state index in [1.54, 1.807) is 0 Å². The highest BCUT2D eigenvalue weighted by Crippen LogP contribution is 2.26. The van der Waals surface area contributed by atoms with Gasteiger partial charge in [0.15, 0.2) is 5.12 Å². The molecule has 2 atom stereocenters. The maximum atomic E-state index is 12.0. The molecule has 0 aliphatic rings.